The number of nitrogens with two attached hydrogens (primary N) is 1. The molecule has 1 unspecified atom stereocenters. The topological polar surface area (TPSA) is 35.2 Å². The lowest BCUT2D eigenvalue weighted by Gasteiger charge is -2.31. The highest BCUT2D eigenvalue weighted by Crippen LogP contribution is 2.46. The van der Waals surface area contributed by atoms with Crippen molar-refractivity contribution in [3.63, 3.8) is 0 Å². The van der Waals surface area contributed by atoms with Crippen LogP contribution in [-0.2, 0) is 0 Å². The average molecular weight is 273 g/mol. The van der Waals surface area contributed by atoms with Crippen LogP contribution in [0.4, 0.5) is 13.2 Å². The minimum Gasteiger partial charge on any atom is -0.406 e. The fourth-order valence-electron chi connectivity index (χ4n) is 2.80. The van der Waals surface area contributed by atoms with Crippen molar-refractivity contribution in [1.82, 2.24) is 0 Å². The van der Waals surface area contributed by atoms with E-state index in [0.717, 1.165) is 25.7 Å². The fraction of sp³-hybridized carbons (Fsp3) is 0.571. The molecule has 2 rings (SSSR count). The Bertz CT molecular complexity index is 439. The molecule has 0 bridgehead atoms. The quantitative estimate of drug-likeness (QED) is 0.897. The van der Waals surface area contributed by atoms with Gasteiger partial charge in [-0.1, -0.05) is 31.9 Å². The van der Waals surface area contributed by atoms with Gasteiger partial charge in [-0.05, 0) is 36.0 Å². The first-order valence-electron chi connectivity index (χ1n) is 6.41. The Labute approximate surface area is 110 Å². The van der Waals surface area contributed by atoms with Crippen molar-refractivity contribution in [3.05, 3.63) is 29.8 Å². The number of rotatable bonds is 3. The molecule has 0 saturated heterocycles. The molecule has 1 saturated carbocycles. The summed E-state index contributed by atoms with van der Waals surface area (Å²) in [5.74, 6) is -0.206. The van der Waals surface area contributed by atoms with Crippen molar-refractivity contribution in [2.75, 3.05) is 0 Å². The molecule has 0 aliphatic heterocycles. The summed E-state index contributed by atoms with van der Waals surface area (Å²) >= 11 is 0. The monoisotopic (exact) mass is 273 g/mol. The molecule has 106 valence electrons. The molecule has 1 aromatic carbocycles. The molecule has 0 radical (unpaired) electrons. The Morgan fingerprint density at radius 3 is 2.47 bits per heavy atom. The van der Waals surface area contributed by atoms with Gasteiger partial charge in [0.25, 0.3) is 0 Å². The summed E-state index contributed by atoms with van der Waals surface area (Å²) in [5.41, 5.74) is 6.90. The van der Waals surface area contributed by atoms with E-state index in [1.807, 2.05) is 0 Å². The van der Waals surface area contributed by atoms with Gasteiger partial charge in [0.1, 0.15) is 5.75 Å². The number of alkyl halides is 3. The van der Waals surface area contributed by atoms with Gasteiger partial charge >= 0.3 is 6.36 Å². The van der Waals surface area contributed by atoms with Gasteiger partial charge in [0.05, 0.1) is 0 Å². The maximum atomic E-state index is 12.2. The molecule has 1 aliphatic carbocycles. The van der Waals surface area contributed by atoms with E-state index in [1.165, 1.54) is 12.1 Å². The Balaban J connectivity index is 2.18. The predicted octanol–water partition coefficient (Wildman–Crippen LogP) is 4.17. The molecule has 5 heteroatoms. The summed E-state index contributed by atoms with van der Waals surface area (Å²) < 4.78 is 40.5. The Kier molecular flexibility index (Phi) is 3.76. The smallest absolute Gasteiger partial charge is 0.406 e. The van der Waals surface area contributed by atoms with Gasteiger partial charge in [0.2, 0.25) is 0 Å². The van der Waals surface area contributed by atoms with Gasteiger partial charge in [0, 0.05) is 6.04 Å². The third-order valence-corrected chi connectivity index (χ3v) is 3.95. The molecule has 1 aliphatic rings. The molecule has 0 aromatic heterocycles. The second kappa shape index (κ2) is 5.04. The van der Waals surface area contributed by atoms with Crippen molar-refractivity contribution in [3.8, 4) is 5.75 Å². The zero-order valence-electron chi connectivity index (χ0n) is 10.8. The Morgan fingerprint density at radius 1 is 1.26 bits per heavy atom. The first-order chi connectivity index (χ1) is 8.80. The van der Waals surface area contributed by atoms with Crippen molar-refractivity contribution < 1.29 is 17.9 Å². The van der Waals surface area contributed by atoms with Crippen LogP contribution in [0.15, 0.2) is 24.3 Å². The highest BCUT2D eigenvalue weighted by molar-refractivity contribution is 5.31. The van der Waals surface area contributed by atoms with Crippen LogP contribution in [0.3, 0.4) is 0 Å². The van der Waals surface area contributed by atoms with E-state index in [2.05, 4.69) is 11.7 Å². The van der Waals surface area contributed by atoms with Crippen LogP contribution >= 0.6 is 0 Å². The van der Waals surface area contributed by atoms with Gasteiger partial charge in [-0.15, -0.1) is 13.2 Å². The molecule has 0 heterocycles. The molecular formula is C14H18F3NO. The number of hydrogen-bond acceptors (Lipinski definition) is 2. The minimum atomic E-state index is -4.67. The molecule has 19 heavy (non-hydrogen) atoms. The van der Waals surface area contributed by atoms with Crippen LogP contribution in [0.1, 0.15) is 44.2 Å². The standard InChI is InChI=1S/C14H18F3NO/c1-13(7-2-3-8-13)12(18)10-5-4-6-11(9-10)19-14(15,16)17/h4-6,9,12H,2-3,7-8,18H2,1H3. The summed E-state index contributed by atoms with van der Waals surface area (Å²) in [4.78, 5) is 0. The predicted molar refractivity (Wildman–Crippen MR) is 66.6 cm³/mol. The number of benzene rings is 1. The molecule has 2 nitrogen and oxygen atoms in total. The summed E-state index contributed by atoms with van der Waals surface area (Å²) in [6.45, 7) is 2.10. The van der Waals surface area contributed by atoms with Gasteiger partial charge in [-0.2, -0.15) is 0 Å². The number of ether oxygens (including phenoxy) is 1. The van der Waals surface area contributed by atoms with Crippen LogP contribution in [-0.4, -0.2) is 6.36 Å². The average Bonchev–Trinajstić information content (AvgIpc) is 2.74. The van der Waals surface area contributed by atoms with Gasteiger partial charge in [-0.25, -0.2) is 0 Å². The molecule has 1 aromatic rings. The van der Waals surface area contributed by atoms with Crippen molar-refractivity contribution in [2.45, 2.75) is 45.0 Å². The SMILES string of the molecule is CC1(C(N)c2cccc(OC(F)(F)F)c2)CCCC1. The second-order valence-electron chi connectivity index (χ2n) is 5.46. The highest BCUT2D eigenvalue weighted by Gasteiger charge is 2.36. The summed E-state index contributed by atoms with van der Waals surface area (Å²) in [6, 6.07) is 5.74. The molecule has 1 fully saturated rings. The minimum absolute atomic E-state index is 0.0309. The van der Waals surface area contributed by atoms with Crippen LogP contribution < -0.4 is 10.5 Å². The lowest BCUT2D eigenvalue weighted by molar-refractivity contribution is -0.274. The lowest BCUT2D eigenvalue weighted by Crippen LogP contribution is -2.29. The van der Waals surface area contributed by atoms with E-state index >= 15 is 0 Å². The molecule has 2 N–H and O–H groups in total. The summed E-state index contributed by atoms with van der Waals surface area (Å²) in [6.07, 6.45) is -0.386. The maximum Gasteiger partial charge on any atom is 0.573 e. The molecule has 1 atom stereocenters. The van der Waals surface area contributed by atoms with Gasteiger partial charge < -0.3 is 10.5 Å². The van der Waals surface area contributed by atoms with Gasteiger partial charge in [0.15, 0.2) is 0 Å². The highest BCUT2D eigenvalue weighted by atomic mass is 19.4. The zero-order valence-corrected chi connectivity index (χ0v) is 10.8. The first kappa shape index (κ1) is 14.2. The van der Waals surface area contributed by atoms with E-state index in [0.29, 0.717) is 5.56 Å². The molecule has 0 amide bonds. The summed E-state index contributed by atoms with van der Waals surface area (Å²) in [5, 5.41) is 0. The van der Waals surface area contributed by atoms with Gasteiger partial charge in [-0.3, -0.25) is 0 Å². The number of hydrogen-bond donors (Lipinski definition) is 1. The summed E-state index contributed by atoms with van der Waals surface area (Å²) in [7, 11) is 0. The van der Waals surface area contributed by atoms with Crippen molar-refractivity contribution >= 4 is 0 Å². The van der Waals surface area contributed by atoms with Crippen molar-refractivity contribution in [2.24, 2.45) is 11.1 Å². The van der Waals surface area contributed by atoms with E-state index in [4.69, 9.17) is 5.73 Å². The van der Waals surface area contributed by atoms with Crippen LogP contribution in [0.5, 0.6) is 5.75 Å². The van der Waals surface area contributed by atoms with E-state index in [9.17, 15) is 13.2 Å². The molecular weight excluding hydrogens is 255 g/mol. The largest absolute Gasteiger partial charge is 0.573 e. The first-order valence-corrected chi connectivity index (χ1v) is 6.41. The Hall–Kier alpha value is -1.23. The Morgan fingerprint density at radius 2 is 1.89 bits per heavy atom. The van der Waals surface area contributed by atoms with E-state index in [1.54, 1.807) is 12.1 Å². The normalized spacial score (nSPS) is 20.3. The second-order valence-corrected chi connectivity index (χ2v) is 5.46. The van der Waals surface area contributed by atoms with Crippen molar-refractivity contribution in [1.29, 1.82) is 0 Å². The third-order valence-electron chi connectivity index (χ3n) is 3.95. The van der Waals surface area contributed by atoms with Crippen LogP contribution in [0.25, 0.3) is 0 Å². The number of halogens is 3. The molecule has 0 spiro atoms. The third kappa shape index (κ3) is 3.41. The van der Waals surface area contributed by atoms with E-state index < -0.39 is 6.36 Å². The maximum absolute atomic E-state index is 12.2. The van der Waals surface area contributed by atoms with Crippen LogP contribution in [0.2, 0.25) is 0 Å². The lowest BCUT2D eigenvalue weighted by atomic mass is 9.78. The van der Waals surface area contributed by atoms with E-state index in [-0.39, 0.29) is 17.2 Å². The zero-order chi connectivity index (χ0) is 14.1. The van der Waals surface area contributed by atoms with Crippen LogP contribution in [0, 0.1) is 5.41 Å². The fourth-order valence-corrected chi connectivity index (χ4v) is 2.80.